The molecule has 0 spiro atoms. The van der Waals surface area contributed by atoms with Gasteiger partial charge >= 0.3 is 0 Å². The zero-order valence-corrected chi connectivity index (χ0v) is 12.0. The van der Waals surface area contributed by atoms with E-state index in [1.807, 2.05) is 0 Å². The summed E-state index contributed by atoms with van der Waals surface area (Å²) in [6, 6.07) is 0. The molecule has 4 aliphatic rings. The molecule has 18 heavy (non-hydrogen) atoms. The summed E-state index contributed by atoms with van der Waals surface area (Å²) in [6.45, 7) is 6.18. The Kier molecular flexibility index (Phi) is 2.79. The van der Waals surface area contributed by atoms with E-state index in [2.05, 4.69) is 25.1 Å². The fourth-order valence-electron chi connectivity index (χ4n) is 6.19. The average Bonchev–Trinajstić information content (AvgIpc) is 2.19. The van der Waals surface area contributed by atoms with Gasteiger partial charge in [0.25, 0.3) is 0 Å². The lowest BCUT2D eigenvalue weighted by Crippen LogP contribution is -2.64. The Labute approximate surface area is 112 Å². The normalized spacial score (nSPS) is 49.3. The van der Waals surface area contributed by atoms with Gasteiger partial charge in [0.05, 0.1) is 0 Å². The lowest BCUT2D eigenvalue weighted by Gasteiger charge is -2.65. The molecule has 0 amide bonds. The van der Waals surface area contributed by atoms with E-state index in [1.54, 1.807) is 0 Å². The Balaban J connectivity index is 1.71. The van der Waals surface area contributed by atoms with Gasteiger partial charge in [-0.15, -0.1) is 12.3 Å². The van der Waals surface area contributed by atoms with Crippen molar-refractivity contribution in [2.45, 2.75) is 70.8 Å². The molecule has 0 heterocycles. The van der Waals surface area contributed by atoms with Gasteiger partial charge in [-0.3, -0.25) is 0 Å². The Morgan fingerprint density at radius 3 is 2.33 bits per heavy atom. The molecule has 4 bridgehead atoms. The van der Waals surface area contributed by atoms with E-state index in [0.29, 0.717) is 16.4 Å². The van der Waals surface area contributed by atoms with E-state index in [0.717, 1.165) is 25.3 Å². The van der Waals surface area contributed by atoms with Gasteiger partial charge in [0.1, 0.15) is 0 Å². The summed E-state index contributed by atoms with van der Waals surface area (Å²) >= 11 is 0. The van der Waals surface area contributed by atoms with Crippen molar-refractivity contribution in [2.24, 2.45) is 16.7 Å². The highest BCUT2D eigenvalue weighted by molar-refractivity contribution is 5.14. The van der Waals surface area contributed by atoms with Crippen molar-refractivity contribution >= 4 is 0 Å². The van der Waals surface area contributed by atoms with Crippen LogP contribution >= 0.6 is 0 Å². The highest BCUT2D eigenvalue weighted by atomic mass is 15.0. The molecule has 0 aromatic rings. The van der Waals surface area contributed by atoms with Crippen molar-refractivity contribution in [3.05, 3.63) is 0 Å². The first-order valence-corrected chi connectivity index (χ1v) is 7.65. The molecule has 0 aromatic carbocycles. The third kappa shape index (κ3) is 2.10. The number of nitrogens with one attached hydrogen (secondary N) is 1. The molecule has 2 unspecified atom stereocenters. The average molecular weight is 245 g/mol. The van der Waals surface area contributed by atoms with Crippen molar-refractivity contribution < 1.29 is 0 Å². The number of rotatable bonds is 4. The van der Waals surface area contributed by atoms with E-state index in [4.69, 9.17) is 6.42 Å². The Bertz CT molecular complexity index is 360. The minimum Gasteiger partial charge on any atom is -0.311 e. The number of hydrogen-bond acceptors (Lipinski definition) is 1. The highest BCUT2D eigenvalue weighted by Gasteiger charge is 2.59. The zero-order chi connectivity index (χ0) is 12.9. The fourth-order valence-corrected chi connectivity index (χ4v) is 6.19. The number of hydrogen-bond donors (Lipinski definition) is 1. The van der Waals surface area contributed by atoms with E-state index in [-0.39, 0.29) is 0 Å². The quantitative estimate of drug-likeness (QED) is 0.588. The van der Waals surface area contributed by atoms with Gasteiger partial charge in [-0.2, -0.15) is 0 Å². The van der Waals surface area contributed by atoms with Crippen LogP contribution in [0.2, 0.25) is 0 Å². The van der Waals surface area contributed by atoms with Crippen LogP contribution in [0.1, 0.15) is 65.2 Å². The lowest BCUT2D eigenvalue weighted by atomic mass is 9.43. The zero-order valence-electron chi connectivity index (χ0n) is 12.0. The summed E-state index contributed by atoms with van der Waals surface area (Å²) in [4.78, 5) is 0. The summed E-state index contributed by atoms with van der Waals surface area (Å²) in [5.74, 6) is 3.73. The molecule has 2 atom stereocenters. The molecule has 100 valence electrons. The summed E-state index contributed by atoms with van der Waals surface area (Å²) in [6.07, 6.45) is 16.1. The van der Waals surface area contributed by atoms with Gasteiger partial charge < -0.3 is 5.32 Å². The first-order valence-electron chi connectivity index (χ1n) is 7.65. The van der Waals surface area contributed by atoms with E-state index in [9.17, 15) is 0 Å². The minimum atomic E-state index is 0.456. The van der Waals surface area contributed by atoms with Crippen LogP contribution in [0.25, 0.3) is 0 Å². The SMILES string of the molecule is C#CCCCNC12CC3CC(C)(CC(C)(C3)C1)C2. The maximum absolute atomic E-state index is 5.34. The summed E-state index contributed by atoms with van der Waals surface area (Å²) in [5.41, 5.74) is 1.69. The van der Waals surface area contributed by atoms with Gasteiger partial charge in [0, 0.05) is 12.0 Å². The third-order valence-corrected chi connectivity index (χ3v) is 5.62. The van der Waals surface area contributed by atoms with Crippen LogP contribution in [-0.2, 0) is 0 Å². The van der Waals surface area contributed by atoms with Crippen LogP contribution in [-0.4, -0.2) is 12.1 Å². The maximum Gasteiger partial charge on any atom is 0.0194 e. The molecule has 4 saturated carbocycles. The fraction of sp³-hybridized carbons (Fsp3) is 0.882. The monoisotopic (exact) mass is 245 g/mol. The Hall–Kier alpha value is -0.480. The maximum atomic E-state index is 5.34. The lowest BCUT2D eigenvalue weighted by molar-refractivity contribution is -0.117. The Morgan fingerprint density at radius 2 is 1.78 bits per heavy atom. The smallest absolute Gasteiger partial charge is 0.0194 e. The van der Waals surface area contributed by atoms with Gasteiger partial charge in [-0.05, 0) is 68.2 Å². The molecular weight excluding hydrogens is 218 g/mol. The van der Waals surface area contributed by atoms with E-state index >= 15 is 0 Å². The topological polar surface area (TPSA) is 12.0 Å². The van der Waals surface area contributed by atoms with Crippen molar-refractivity contribution in [2.75, 3.05) is 6.54 Å². The third-order valence-electron chi connectivity index (χ3n) is 5.62. The van der Waals surface area contributed by atoms with Crippen LogP contribution < -0.4 is 5.32 Å². The van der Waals surface area contributed by atoms with Crippen molar-refractivity contribution in [1.82, 2.24) is 5.32 Å². The molecule has 0 saturated heterocycles. The number of unbranched alkanes of at least 4 members (excludes halogenated alkanes) is 1. The van der Waals surface area contributed by atoms with Gasteiger partial charge in [0.2, 0.25) is 0 Å². The minimum absolute atomic E-state index is 0.456. The van der Waals surface area contributed by atoms with E-state index < -0.39 is 0 Å². The van der Waals surface area contributed by atoms with E-state index in [1.165, 1.54) is 38.5 Å². The molecule has 0 radical (unpaired) electrons. The van der Waals surface area contributed by atoms with Crippen LogP contribution in [0, 0.1) is 29.1 Å². The van der Waals surface area contributed by atoms with Crippen molar-refractivity contribution in [3.63, 3.8) is 0 Å². The second-order valence-corrected chi connectivity index (χ2v) is 8.14. The van der Waals surface area contributed by atoms with Crippen LogP contribution in [0.15, 0.2) is 0 Å². The molecule has 4 rings (SSSR count). The molecule has 1 heteroatoms. The second-order valence-electron chi connectivity index (χ2n) is 8.14. The summed E-state index contributed by atoms with van der Waals surface area (Å²) < 4.78 is 0. The highest BCUT2D eigenvalue weighted by Crippen LogP contribution is 2.66. The predicted molar refractivity (Wildman–Crippen MR) is 76.2 cm³/mol. The van der Waals surface area contributed by atoms with Gasteiger partial charge in [-0.1, -0.05) is 13.8 Å². The van der Waals surface area contributed by atoms with Crippen LogP contribution in [0.3, 0.4) is 0 Å². The Morgan fingerprint density at radius 1 is 1.11 bits per heavy atom. The molecule has 0 aromatic heterocycles. The summed E-state index contributed by atoms with van der Waals surface area (Å²) in [5, 5.41) is 3.92. The summed E-state index contributed by atoms with van der Waals surface area (Å²) in [7, 11) is 0. The van der Waals surface area contributed by atoms with Crippen LogP contribution in [0.5, 0.6) is 0 Å². The second kappa shape index (κ2) is 4.01. The number of terminal acetylenes is 1. The molecule has 1 N–H and O–H groups in total. The largest absolute Gasteiger partial charge is 0.311 e. The standard InChI is InChI=1S/C17H27N/c1-4-5-6-7-18-17-10-14-8-15(2,12-17)11-16(3,9-14)13-17/h1,14,18H,5-13H2,2-3H3. The van der Waals surface area contributed by atoms with Gasteiger partial charge in [-0.25, -0.2) is 0 Å². The molecule has 0 aliphatic heterocycles. The van der Waals surface area contributed by atoms with Crippen LogP contribution in [0.4, 0.5) is 0 Å². The first kappa shape index (κ1) is 12.5. The molecule has 1 nitrogen and oxygen atoms in total. The first-order chi connectivity index (χ1) is 8.47. The predicted octanol–water partition coefficient (Wildman–Crippen LogP) is 3.74. The molecule has 4 fully saturated rings. The van der Waals surface area contributed by atoms with Crippen molar-refractivity contribution in [1.29, 1.82) is 0 Å². The van der Waals surface area contributed by atoms with Gasteiger partial charge in [0.15, 0.2) is 0 Å². The molecule has 4 aliphatic carbocycles. The van der Waals surface area contributed by atoms with Crippen molar-refractivity contribution in [3.8, 4) is 12.3 Å². The molecular formula is C17H27N.